The van der Waals surface area contributed by atoms with Crippen LogP contribution in [0.3, 0.4) is 0 Å². The van der Waals surface area contributed by atoms with Crippen LogP contribution in [0.4, 0.5) is 0 Å². The van der Waals surface area contributed by atoms with Crippen LogP contribution in [-0.2, 0) is 0 Å². The molecule has 13 aromatic rings. The average molecular weight is 896 g/mol. The van der Waals surface area contributed by atoms with Gasteiger partial charge >= 0.3 is 0 Å². The first-order valence-electron chi connectivity index (χ1n) is 23.3. The van der Waals surface area contributed by atoms with E-state index in [0.29, 0.717) is 17.5 Å². The van der Waals surface area contributed by atoms with E-state index in [1.54, 1.807) is 0 Å². The highest BCUT2D eigenvalue weighted by Crippen LogP contribution is 2.45. The van der Waals surface area contributed by atoms with Gasteiger partial charge in [0, 0.05) is 36.9 Å². The molecule has 0 spiro atoms. The van der Waals surface area contributed by atoms with Crippen LogP contribution in [0.1, 0.15) is 0 Å². The molecule has 13 rings (SSSR count). The van der Waals surface area contributed by atoms with Crippen LogP contribution in [0.25, 0.3) is 132 Å². The maximum absolute atomic E-state index is 5.24. The second kappa shape index (κ2) is 17.1. The van der Waals surface area contributed by atoms with Gasteiger partial charge < -0.3 is 0 Å². The van der Waals surface area contributed by atoms with E-state index in [4.69, 9.17) is 15.0 Å². The molecule has 0 saturated heterocycles. The number of benzene rings is 11. The van der Waals surface area contributed by atoms with Crippen LogP contribution in [0.2, 0.25) is 0 Å². The summed E-state index contributed by atoms with van der Waals surface area (Å²) in [5.41, 5.74) is 14.4. The summed E-state index contributed by atoms with van der Waals surface area (Å²) in [5, 5.41) is 7.54. The Morgan fingerprint density at radius 1 is 0.203 bits per heavy atom. The molecule has 11 aromatic carbocycles. The van der Waals surface area contributed by atoms with E-state index in [1.165, 1.54) is 69.5 Å². The van der Waals surface area contributed by atoms with Gasteiger partial charge in [-0.1, -0.05) is 237 Å². The molecule has 0 radical (unpaired) electrons. The summed E-state index contributed by atoms with van der Waals surface area (Å²) < 4.78 is 2.63. The van der Waals surface area contributed by atoms with E-state index in [1.807, 2.05) is 23.5 Å². The molecule has 0 amide bonds. The molecule has 2 aromatic heterocycles. The summed E-state index contributed by atoms with van der Waals surface area (Å²) >= 11 is 1.87. The Hall–Kier alpha value is -8.83. The number of hydrogen-bond acceptors (Lipinski definition) is 4. The van der Waals surface area contributed by atoms with Gasteiger partial charge in [0.2, 0.25) is 0 Å². The highest BCUT2D eigenvalue weighted by Gasteiger charge is 2.20. The second-order valence-electron chi connectivity index (χ2n) is 17.4. The molecule has 4 heteroatoms. The third kappa shape index (κ3) is 7.18. The Balaban J connectivity index is 0.913. The molecule has 0 aliphatic carbocycles. The van der Waals surface area contributed by atoms with Gasteiger partial charge in [-0.05, 0) is 89.3 Å². The number of rotatable bonds is 8. The zero-order valence-electron chi connectivity index (χ0n) is 37.4. The van der Waals surface area contributed by atoms with Gasteiger partial charge in [0.25, 0.3) is 0 Å². The van der Waals surface area contributed by atoms with Gasteiger partial charge in [-0.25, -0.2) is 15.0 Å². The first-order chi connectivity index (χ1) is 34.2. The van der Waals surface area contributed by atoms with Gasteiger partial charge in [0.15, 0.2) is 17.5 Å². The van der Waals surface area contributed by atoms with Crippen LogP contribution in [0, 0.1) is 0 Å². The van der Waals surface area contributed by atoms with E-state index in [2.05, 4.69) is 237 Å². The average Bonchev–Trinajstić information content (AvgIpc) is 3.82. The lowest BCUT2D eigenvalue weighted by Gasteiger charge is -2.16. The van der Waals surface area contributed by atoms with Gasteiger partial charge in [-0.2, -0.15) is 0 Å². The van der Waals surface area contributed by atoms with E-state index >= 15 is 0 Å². The van der Waals surface area contributed by atoms with Crippen LogP contribution < -0.4 is 0 Å². The SMILES string of the molecule is c1ccc(-c2ccccc2-c2nc(-c3ccc(-c4ccc(-c5ccc(-c6cccc7sc8ccccc8c67)c6ccccc56)c5ccccc45)cc3)nc(-c3ccccc3-c3ccccc3)n2)cc1. The van der Waals surface area contributed by atoms with Crippen LogP contribution in [0.5, 0.6) is 0 Å². The molecule has 0 saturated carbocycles. The summed E-state index contributed by atoms with van der Waals surface area (Å²) in [5.74, 6) is 1.87. The number of hydrogen-bond donors (Lipinski definition) is 0. The minimum Gasteiger partial charge on any atom is -0.208 e. The standard InChI is InChI=1S/C65H41N3S/c1-3-18-42(19-4-1)46-22-7-13-28-57(46)64-66-63(67-65(68-64)58-29-14-8-23-47(58)43-20-5-2-6-21-43)45-36-34-44(35-37-45)48-38-39-53(50-25-10-9-24-49(48)50)54-40-41-55(52-27-12-11-26-51(52)54)56-31-17-33-61-62(56)59-30-15-16-32-60(59)69-61/h1-41H. The predicted molar refractivity (Wildman–Crippen MR) is 291 cm³/mol. The van der Waals surface area contributed by atoms with Crippen molar-refractivity contribution in [3.05, 3.63) is 249 Å². The Labute approximate surface area is 404 Å². The molecular weight excluding hydrogens is 855 g/mol. The Morgan fingerprint density at radius 2 is 0.565 bits per heavy atom. The third-order valence-electron chi connectivity index (χ3n) is 13.4. The van der Waals surface area contributed by atoms with Crippen molar-refractivity contribution < 1.29 is 0 Å². The van der Waals surface area contributed by atoms with Crippen molar-refractivity contribution in [1.82, 2.24) is 15.0 Å². The molecular formula is C65H41N3S. The molecule has 0 fully saturated rings. The van der Waals surface area contributed by atoms with Crippen molar-refractivity contribution in [2.24, 2.45) is 0 Å². The molecule has 322 valence electrons. The Morgan fingerprint density at radius 3 is 1.12 bits per heavy atom. The molecule has 0 bridgehead atoms. The maximum Gasteiger partial charge on any atom is 0.164 e. The van der Waals surface area contributed by atoms with Crippen molar-refractivity contribution in [2.45, 2.75) is 0 Å². The van der Waals surface area contributed by atoms with Crippen molar-refractivity contribution in [3.63, 3.8) is 0 Å². The predicted octanol–water partition coefficient (Wildman–Crippen LogP) is 17.9. The van der Waals surface area contributed by atoms with Crippen molar-refractivity contribution in [2.75, 3.05) is 0 Å². The third-order valence-corrected chi connectivity index (χ3v) is 14.6. The molecule has 0 atom stereocenters. The molecule has 0 aliphatic heterocycles. The molecule has 3 nitrogen and oxygen atoms in total. The summed E-state index contributed by atoms with van der Waals surface area (Å²) in [6, 6.07) is 88.8. The van der Waals surface area contributed by atoms with Gasteiger partial charge in [0.05, 0.1) is 0 Å². The van der Waals surface area contributed by atoms with Gasteiger partial charge in [-0.3, -0.25) is 0 Å². The highest BCUT2D eigenvalue weighted by molar-refractivity contribution is 7.25. The van der Waals surface area contributed by atoms with E-state index in [9.17, 15) is 0 Å². The second-order valence-corrected chi connectivity index (χ2v) is 18.5. The normalized spacial score (nSPS) is 11.5. The fourth-order valence-electron chi connectivity index (χ4n) is 10.2. The van der Waals surface area contributed by atoms with Crippen LogP contribution in [-0.4, -0.2) is 15.0 Å². The summed E-state index contributed by atoms with van der Waals surface area (Å²) in [6.45, 7) is 0. The molecule has 0 unspecified atom stereocenters. The first-order valence-corrected chi connectivity index (χ1v) is 24.2. The van der Waals surface area contributed by atoms with E-state index < -0.39 is 0 Å². The van der Waals surface area contributed by atoms with Crippen molar-refractivity contribution in [3.8, 4) is 89.8 Å². The lowest BCUT2D eigenvalue weighted by atomic mass is 9.87. The summed E-state index contributed by atoms with van der Waals surface area (Å²) in [4.78, 5) is 15.7. The zero-order valence-corrected chi connectivity index (χ0v) is 38.2. The monoisotopic (exact) mass is 895 g/mol. The lowest BCUT2D eigenvalue weighted by Crippen LogP contribution is -2.02. The Bertz CT molecular complexity index is 3960. The Kier molecular flexibility index (Phi) is 10.0. The van der Waals surface area contributed by atoms with Crippen LogP contribution >= 0.6 is 11.3 Å². The summed E-state index contributed by atoms with van der Waals surface area (Å²) in [7, 11) is 0. The smallest absolute Gasteiger partial charge is 0.164 e. The molecule has 69 heavy (non-hydrogen) atoms. The maximum atomic E-state index is 5.24. The molecule has 0 aliphatic rings. The molecule has 2 heterocycles. The summed E-state index contributed by atoms with van der Waals surface area (Å²) in [6.07, 6.45) is 0. The van der Waals surface area contributed by atoms with Gasteiger partial charge in [0.1, 0.15) is 0 Å². The number of thiophene rings is 1. The number of fused-ring (bicyclic) bond motifs is 5. The number of nitrogens with zero attached hydrogens (tertiary/aromatic N) is 3. The van der Waals surface area contributed by atoms with E-state index in [-0.39, 0.29) is 0 Å². The first kappa shape index (κ1) is 40.4. The minimum atomic E-state index is 0.617. The fraction of sp³-hybridized carbons (Fsp3) is 0. The topological polar surface area (TPSA) is 38.7 Å². The molecule has 0 N–H and O–H groups in total. The van der Waals surface area contributed by atoms with E-state index in [0.717, 1.165) is 44.5 Å². The lowest BCUT2D eigenvalue weighted by molar-refractivity contribution is 1.07. The zero-order chi connectivity index (χ0) is 45.7. The quantitative estimate of drug-likeness (QED) is 0.153. The highest BCUT2D eigenvalue weighted by atomic mass is 32.1. The fourth-order valence-corrected chi connectivity index (χ4v) is 11.3. The van der Waals surface area contributed by atoms with Crippen LogP contribution in [0.15, 0.2) is 249 Å². The van der Waals surface area contributed by atoms with Crippen molar-refractivity contribution in [1.29, 1.82) is 0 Å². The number of aromatic nitrogens is 3. The minimum absolute atomic E-state index is 0.617. The largest absolute Gasteiger partial charge is 0.208 e. The van der Waals surface area contributed by atoms with Crippen molar-refractivity contribution >= 4 is 53.1 Å². The van der Waals surface area contributed by atoms with Gasteiger partial charge in [-0.15, -0.1) is 11.3 Å².